The first-order valence-electron chi connectivity index (χ1n) is 10.9. The number of nitrogens with zero attached hydrogens (tertiary/aromatic N) is 1. The van der Waals surface area contributed by atoms with Crippen molar-refractivity contribution in [3.8, 4) is 0 Å². The number of benzene rings is 1. The monoisotopic (exact) mass is 445 g/mol. The molecule has 31 heavy (non-hydrogen) atoms. The smallest absolute Gasteiger partial charge is 0.253 e. The maximum Gasteiger partial charge on any atom is 0.253 e. The first-order valence-corrected chi connectivity index (χ1v) is 11.3. The molecule has 1 fully saturated rings. The first kappa shape index (κ1) is 23.4. The highest BCUT2D eigenvalue weighted by Gasteiger charge is 2.26. The fourth-order valence-corrected chi connectivity index (χ4v) is 4.77. The van der Waals surface area contributed by atoms with E-state index >= 15 is 0 Å². The molecule has 6 nitrogen and oxygen atoms in total. The third-order valence-electron chi connectivity index (χ3n) is 6.27. The van der Waals surface area contributed by atoms with Gasteiger partial charge in [0.15, 0.2) is 0 Å². The summed E-state index contributed by atoms with van der Waals surface area (Å²) in [6.45, 7) is 8.68. The van der Waals surface area contributed by atoms with E-state index in [0.29, 0.717) is 22.2 Å². The van der Waals surface area contributed by atoms with Gasteiger partial charge in [0.1, 0.15) is 0 Å². The Balaban J connectivity index is 1.84. The van der Waals surface area contributed by atoms with Crippen molar-refractivity contribution in [2.75, 3.05) is 11.4 Å². The minimum Gasteiger partial charge on any atom is -0.393 e. The molecule has 0 saturated heterocycles. The minimum atomic E-state index is -0.254. The Morgan fingerprint density at radius 3 is 2.48 bits per heavy atom. The Kier molecular flexibility index (Phi) is 7.44. The van der Waals surface area contributed by atoms with Crippen LogP contribution in [0.2, 0.25) is 5.02 Å². The summed E-state index contributed by atoms with van der Waals surface area (Å²) in [5, 5.41) is 13.2. The number of halogens is 1. The molecule has 168 valence electrons. The molecule has 0 aliphatic heterocycles. The lowest BCUT2D eigenvalue weighted by molar-refractivity contribution is 0.0950. The highest BCUT2D eigenvalue weighted by atomic mass is 35.5. The summed E-state index contributed by atoms with van der Waals surface area (Å²) in [6.07, 6.45) is 3.19. The number of aromatic amines is 1. The Labute approximate surface area is 188 Å². The van der Waals surface area contributed by atoms with Gasteiger partial charge in [-0.3, -0.25) is 9.59 Å². The molecular weight excluding hydrogens is 414 g/mol. The Hall–Kier alpha value is -2.31. The SMILES string of the molecule is CCN(c1cc(Cl)cc(C(=O)NCc2c(C)cc(C)[nH]c2=O)c1C)C1CCC(O)CC1. The normalized spacial score (nSPS) is 18.6. The second-order valence-electron chi connectivity index (χ2n) is 8.47. The number of aliphatic hydroxyl groups excluding tert-OH is 1. The largest absolute Gasteiger partial charge is 0.393 e. The van der Waals surface area contributed by atoms with Gasteiger partial charge in [-0.2, -0.15) is 0 Å². The molecule has 0 bridgehead atoms. The van der Waals surface area contributed by atoms with Crippen molar-refractivity contribution in [2.24, 2.45) is 0 Å². The van der Waals surface area contributed by atoms with Crippen LogP contribution in [0.1, 0.15) is 65.3 Å². The molecule has 3 rings (SSSR count). The van der Waals surface area contributed by atoms with Crippen LogP contribution in [-0.2, 0) is 6.54 Å². The number of carbonyl (C=O) groups excluding carboxylic acids is 1. The predicted octanol–water partition coefficient (Wildman–Crippen LogP) is 4.01. The number of hydrogen-bond acceptors (Lipinski definition) is 4. The van der Waals surface area contributed by atoms with E-state index in [-0.39, 0.29) is 24.1 Å². The van der Waals surface area contributed by atoms with Gasteiger partial charge in [-0.15, -0.1) is 0 Å². The topological polar surface area (TPSA) is 85.4 Å². The molecular formula is C24H32ClN3O3. The molecule has 0 radical (unpaired) electrons. The Morgan fingerprint density at radius 1 is 1.19 bits per heavy atom. The van der Waals surface area contributed by atoms with Crippen molar-refractivity contribution in [1.82, 2.24) is 10.3 Å². The third kappa shape index (κ3) is 5.31. The summed E-state index contributed by atoms with van der Waals surface area (Å²) in [5.41, 5.74) is 4.34. The number of carbonyl (C=O) groups is 1. The average molecular weight is 446 g/mol. The third-order valence-corrected chi connectivity index (χ3v) is 6.48. The van der Waals surface area contributed by atoms with E-state index in [1.165, 1.54) is 0 Å². The molecule has 0 atom stereocenters. The number of hydrogen-bond donors (Lipinski definition) is 3. The molecule has 0 spiro atoms. The van der Waals surface area contributed by atoms with Gasteiger partial charge in [0, 0.05) is 46.7 Å². The number of rotatable bonds is 6. The Bertz CT molecular complexity index is 1010. The van der Waals surface area contributed by atoms with Gasteiger partial charge in [0.05, 0.1) is 6.10 Å². The molecule has 1 aliphatic carbocycles. The summed E-state index contributed by atoms with van der Waals surface area (Å²) < 4.78 is 0. The molecule has 3 N–H and O–H groups in total. The van der Waals surface area contributed by atoms with Crippen LogP contribution in [0.25, 0.3) is 0 Å². The second-order valence-corrected chi connectivity index (χ2v) is 8.91. The van der Waals surface area contributed by atoms with E-state index in [2.05, 4.69) is 22.1 Å². The van der Waals surface area contributed by atoms with Crippen LogP contribution in [0.4, 0.5) is 5.69 Å². The second kappa shape index (κ2) is 9.88. The Morgan fingerprint density at radius 2 is 1.87 bits per heavy atom. The van der Waals surface area contributed by atoms with Crippen LogP contribution < -0.4 is 15.8 Å². The van der Waals surface area contributed by atoms with Crippen LogP contribution in [0.3, 0.4) is 0 Å². The number of H-pyrrole nitrogens is 1. The summed E-state index contributed by atoms with van der Waals surface area (Å²) in [6, 6.07) is 5.80. The average Bonchev–Trinajstić information content (AvgIpc) is 2.71. The highest BCUT2D eigenvalue weighted by Crippen LogP contribution is 2.33. The number of aliphatic hydroxyl groups is 1. The van der Waals surface area contributed by atoms with E-state index in [1.807, 2.05) is 32.9 Å². The van der Waals surface area contributed by atoms with Gasteiger partial charge in [-0.1, -0.05) is 11.6 Å². The summed E-state index contributed by atoms with van der Waals surface area (Å²) in [7, 11) is 0. The van der Waals surface area contributed by atoms with Crippen molar-refractivity contribution in [2.45, 2.75) is 72.1 Å². The fourth-order valence-electron chi connectivity index (χ4n) is 4.56. The maximum absolute atomic E-state index is 13.0. The number of pyridine rings is 1. The standard InChI is InChI=1S/C24H32ClN3O3/c1-5-28(18-6-8-19(29)9-7-18)22-12-17(25)11-20(16(22)4)23(30)26-13-21-14(2)10-15(3)27-24(21)31/h10-12,18-19,29H,5-9,13H2,1-4H3,(H,26,30)(H,27,31). The van der Waals surface area contributed by atoms with Crippen molar-refractivity contribution < 1.29 is 9.90 Å². The molecule has 1 aromatic heterocycles. The van der Waals surface area contributed by atoms with Gasteiger partial charge in [0.2, 0.25) is 0 Å². The van der Waals surface area contributed by atoms with Crippen molar-refractivity contribution in [3.63, 3.8) is 0 Å². The number of aromatic nitrogens is 1. The lowest BCUT2D eigenvalue weighted by Gasteiger charge is -2.38. The number of nitrogens with one attached hydrogen (secondary N) is 2. The van der Waals surface area contributed by atoms with Crippen molar-refractivity contribution >= 4 is 23.2 Å². The molecule has 2 aromatic rings. The van der Waals surface area contributed by atoms with Crippen LogP contribution in [0, 0.1) is 20.8 Å². The fraction of sp³-hybridized carbons (Fsp3) is 0.500. The van der Waals surface area contributed by atoms with Gasteiger partial charge >= 0.3 is 0 Å². The molecule has 1 aromatic carbocycles. The molecule has 1 saturated carbocycles. The van der Waals surface area contributed by atoms with Crippen molar-refractivity contribution in [3.05, 3.63) is 61.5 Å². The lowest BCUT2D eigenvalue weighted by Crippen LogP contribution is -2.39. The van der Waals surface area contributed by atoms with Gasteiger partial charge in [-0.25, -0.2) is 0 Å². The molecule has 1 aliphatic rings. The number of amides is 1. The quantitative estimate of drug-likeness (QED) is 0.627. The predicted molar refractivity (Wildman–Crippen MR) is 125 cm³/mol. The van der Waals surface area contributed by atoms with Crippen LogP contribution in [0.5, 0.6) is 0 Å². The van der Waals surface area contributed by atoms with Crippen LogP contribution in [0.15, 0.2) is 23.0 Å². The zero-order chi connectivity index (χ0) is 22.7. The zero-order valence-electron chi connectivity index (χ0n) is 18.7. The lowest BCUT2D eigenvalue weighted by atomic mass is 9.91. The minimum absolute atomic E-state index is 0.152. The molecule has 0 unspecified atom stereocenters. The van der Waals surface area contributed by atoms with Crippen LogP contribution in [-0.4, -0.2) is 34.7 Å². The van der Waals surface area contributed by atoms with E-state index in [0.717, 1.165) is 54.7 Å². The summed E-state index contributed by atoms with van der Waals surface area (Å²) in [4.78, 5) is 30.4. The summed E-state index contributed by atoms with van der Waals surface area (Å²) in [5.74, 6) is -0.254. The molecule has 1 heterocycles. The van der Waals surface area contributed by atoms with E-state index in [9.17, 15) is 14.7 Å². The van der Waals surface area contributed by atoms with Crippen molar-refractivity contribution in [1.29, 1.82) is 0 Å². The van der Waals surface area contributed by atoms with E-state index < -0.39 is 0 Å². The number of aryl methyl sites for hydroxylation is 2. The van der Waals surface area contributed by atoms with Gasteiger partial charge < -0.3 is 20.3 Å². The first-order chi connectivity index (χ1) is 14.7. The molecule has 1 amide bonds. The maximum atomic E-state index is 13.0. The highest BCUT2D eigenvalue weighted by molar-refractivity contribution is 6.31. The van der Waals surface area contributed by atoms with Gasteiger partial charge in [-0.05, 0) is 82.7 Å². The van der Waals surface area contributed by atoms with Gasteiger partial charge in [0.25, 0.3) is 11.5 Å². The van der Waals surface area contributed by atoms with E-state index in [1.54, 1.807) is 6.07 Å². The molecule has 7 heteroatoms. The van der Waals surface area contributed by atoms with Crippen LogP contribution >= 0.6 is 11.6 Å². The number of anilines is 1. The van der Waals surface area contributed by atoms with E-state index in [4.69, 9.17) is 11.6 Å². The summed E-state index contributed by atoms with van der Waals surface area (Å²) >= 11 is 6.41. The zero-order valence-corrected chi connectivity index (χ0v) is 19.5.